The number of carboxylic acids is 1. The summed E-state index contributed by atoms with van der Waals surface area (Å²) >= 11 is 0. The molecular weight excluding hydrogens is 545 g/mol. The molecule has 0 aliphatic heterocycles. The Morgan fingerprint density at radius 3 is 2.31 bits per heavy atom. The van der Waals surface area contributed by atoms with Crippen LogP contribution in [0, 0.1) is 5.92 Å². The number of aromatic carboxylic acids is 1. The second kappa shape index (κ2) is 10.9. The number of anilines is 1. The van der Waals surface area contributed by atoms with Crippen LogP contribution in [-0.2, 0) is 12.7 Å². The van der Waals surface area contributed by atoms with Crippen molar-refractivity contribution >= 4 is 23.0 Å². The normalized spacial score (nSPS) is 14.5. The van der Waals surface area contributed by atoms with Gasteiger partial charge in [-0.1, -0.05) is 55.0 Å². The first kappa shape index (κ1) is 27.4. The van der Waals surface area contributed by atoms with Crippen molar-refractivity contribution < 1.29 is 23.1 Å². The number of nitrogens with zero attached hydrogens (tertiary/aromatic N) is 5. The van der Waals surface area contributed by atoms with E-state index in [0.29, 0.717) is 40.0 Å². The fourth-order valence-corrected chi connectivity index (χ4v) is 5.17. The standard InChI is InChI=1S/C31H27F3N6O2/c1-18(20-9-5-10-20)35-26-25-27(38-28(37-26)30(41)42)39-29(24-12-6-11-23(36-24)21-7-3-2-4-8-21)40(25)17-19-13-15-22(16-14-19)31(32,33)34/h2-4,6-8,11-16,18,20H,5,9-10,17H2,1H3,(H,41,42)(H,35,37,38)/t18-/m1/s1. The Bertz CT molecular complexity index is 1750. The molecule has 5 aromatic rings. The van der Waals surface area contributed by atoms with Gasteiger partial charge in [-0.25, -0.2) is 24.7 Å². The number of carboxylic acid groups (broad SMARTS) is 1. The molecule has 8 nitrogen and oxygen atoms in total. The van der Waals surface area contributed by atoms with Crippen LogP contribution in [0.15, 0.2) is 72.8 Å². The Kier molecular flexibility index (Phi) is 7.09. The summed E-state index contributed by atoms with van der Waals surface area (Å²) in [6.07, 6.45) is -1.21. The van der Waals surface area contributed by atoms with Crippen molar-refractivity contribution in [2.45, 2.75) is 44.9 Å². The number of alkyl halides is 3. The van der Waals surface area contributed by atoms with Gasteiger partial charge in [0.1, 0.15) is 11.2 Å². The largest absolute Gasteiger partial charge is 0.475 e. The van der Waals surface area contributed by atoms with Gasteiger partial charge in [0.25, 0.3) is 0 Å². The quantitative estimate of drug-likeness (QED) is 0.208. The van der Waals surface area contributed by atoms with Crippen molar-refractivity contribution in [2.75, 3.05) is 5.32 Å². The molecule has 214 valence electrons. The first-order valence-electron chi connectivity index (χ1n) is 13.6. The first-order valence-corrected chi connectivity index (χ1v) is 13.6. The zero-order valence-corrected chi connectivity index (χ0v) is 22.6. The van der Waals surface area contributed by atoms with Gasteiger partial charge in [-0.3, -0.25) is 0 Å². The lowest BCUT2D eigenvalue weighted by molar-refractivity contribution is -0.137. The molecule has 1 fully saturated rings. The van der Waals surface area contributed by atoms with Gasteiger partial charge in [-0.05, 0) is 55.5 Å². The molecule has 2 aromatic carbocycles. The zero-order valence-electron chi connectivity index (χ0n) is 22.6. The molecule has 42 heavy (non-hydrogen) atoms. The SMILES string of the molecule is C[C@@H](Nc1nc(C(=O)O)nc2nc(-c3cccc(-c4ccccc4)n3)n(Cc3ccc(C(F)(F)F)cc3)c12)C1CCC1. The van der Waals surface area contributed by atoms with Crippen LogP contribution in [0.4, 0.5) is 19.0 Å². The summed E-state index contributed by atoms with van der Waals surface area (Å²) in [7, 11) is 0. The van der Waals surface area contributed by atoms with E-state index in [-0.39, 0.29) is 18.2 Å². The highest BCUT2D eigenvalue weighted by molar-refractivity contribution is 5.92. The third-order valence-corrected chi connectivity index (χ3v) is 7.69. The molecule has 3 heterocycles. The minimum atomic E-state index is -4.46. The van der Waals surface area contributed by atoms with Crippen molar-refractivity contribution in [3.63, 3.8) is 0 Å². The fraction of sp³-hybridized carbons (Fsp3) is 0.258. The molecule has 0 amide bonds. The Balaban J connectivity index is 1.53. The lowest BCUT2D eigenvalue weighted by atomic mass is 9.80. The number of carbonyl (C=O) groups is 1. The molecule has 6 rings (SSSR count). The van der Waals surface area contributed by atoms with Crippen LogP contribution >= 0.6 is 0 Å². The molecule has 1 aliphatic rings. The number of nitrogens with one attached hydrogen (secondary N) is 1. The van der Waals surface area contributed by atoms with Gasteiger partial charge in [0.2, 0.25) is 5.82 Å². The highest BCUT2D eigenvalue weighted by atomic mass is 19.4. The maximum absolute atomic E-state index is 13.2. The summed E-state index contributed by atoms with van der Waals surface area (Å²) in [6.45, 7) is 2.16. The van der Waals surface area contributed by atoms with Crippen LogP contribution in [0.5, 0.6) is 0 Å². The van der Waals surface area contributed by atoms with Crippen molar-refractivity contribution in [1.82, 2.24) is 24.5 Å². The Hall–Kier alpha value is -4.80. The lowest BCUT2D eigenvalue weighted by Gasteiger charge is -2.32. The molecule has 11 heteroatoms. The van der Waals surface area contributed by atoms with E-state index < -0.39 is 23.5 Å². The van der Waals surface area contributed by atoms with Gasteiger partial charge < -0.3 is 15.0 Å². The monoisotopic (exact) mass is 572 g/mol. The zero-order chi connectivity index (χ0) is 29.4. The summed E-state index contributed by atoms with van der Waals surface area (Å²) in [5.74, 6) is -0.583. The smallest absolute Gasteiger partial charge is 0.416 e. The van der Waals surface area contributed by atoms with E-state index in [1.807, 2.05) is 49.4 Å². The van der Waals surface area contributed by atoms with Gasteiger partial charge in [-0.15, -0.1) is 0 Å². The van der Waals surface area contributed by atoms with Gasteiger partial charge >= 0.3 is 12.1 Å². The lowest BCUT2D eigenvalue weighted by Crippen LogP contribution is -2.31. The second-order valence-corrected chi connectivity index (χ2v) is 10.5. The summed E-state index contributed by atoms with van der Waals surface area (Å²) in [5.41, 5.74) is 2.54. The molecule has 0 bridgehead atoms. The summed E-state index contributed by atoms with van der Waals surface area (Å²) in [5, 5.41) is 13.2. The van der Waals surface area contributed by atoms with E-state index in [9.17, 15) is 23.1 Å². The molecule has 0 saturated heterocycles. The van der Waals surface area contributed by atoms with Crippen LogP contribution < -0.4 is 5.32 Å². The molecule has 1 aliphatic carbocycles. The van der Waals surface area contributed by atoms with Crippen LogP contribution in [0.1, 0.15) is 47.9 Å². The number of hydrogen-bond acceptors (Lipinski definition) is 6. The van der Waals surface area contributed by atoms with E-state index in [1.165, 1.54) is 12.1 Å². The van der Waals surface area contributed by atoms with Gasteiger partial charge in [0, 0.05) is 18.2 Å². The fourth-order valence-electron chi connectivity index (χ4n) is 5.17. The maximum Gasteiger partial charge on any atom is 0.416 e. The molecule has 1 atom stereocenters. The number of halogens is 3. The Morgan fingerprint density at radius 1 is 0.952 bits per heavy atom. The Morgan fingerprint density at radius 2 is 1.67 bits per heavy atom. The van der Waals surface area contributed by atoms with Crippen LogP contribution in [0.2, 0.25) is 0 Å². The van der Waals surface area contributed by atoms with Crippen molar-refractivity contribution in [3.8, 4) is 22.8 Å². The van der Waals surface area contributed by atoms with E-state index in [2.05, 4.69) is 15.3 Å². The van der Waals surface area contributed by atoms with Crippen molar-refractivity contribution in [1.29, 1.82) is 0 Å². The van der Waals surface area contributed by atoms with Gasteiger partial charge in [0.05, 0.1) is 11.3 Å². The van der Waals surface area contributed by atoms with E-state index in [4.69, 9.17) is 9.97 Å². The number of imidazole rings is 1. The van der Waals surface area contributed by atoms with Crippen LogP contribution in [0.25, 0.3) is 33.9 Å². The van der Waals surface area contributed by atoms with Gasteiger partial charge in [0.15, 0.2) is 17.3 Å². The summed E-state index contributed by atoms with van der Waals surface area (Å²) in [4.78, 5) is 30.1. The van der Waals surface area contributed by atoms with E-state index in [0.717, 1.165) is 37.0 Å². The minimum absolute atomic E-state index is 0.0101. The minimum Gasteiger partial charge on any atom is -0.475 e. The first-order chi connectivity index (χ1) is 20.2. The maximum atomic E-state index is 13.2. The molecule has 2 N–H and O–H groups in total. The van der Waals surface area contributed by atoms with Crippen molar-refractivity contribution in [2.24, 2.45) is 5.92 Å². The number of fused-ring (bicyclic) bond motifs is 1. The number of pyridine rings is 1. The van der Waals surface area contributed by atoms with E-state index >= 15 is 0 Å². The molecule has 0 unspecified atom stereocenters. The van der Waals surface area contributed by atoms with Gasteiger partial charge in [-0.2, -0.15) is 13.2 Å². The second-order valence-electron chi connectivity index (χ2n) is 10.5. The molecule has 3 aromatic heterocycles. The third kappa shape index (κ3) is 5.41. The molecular formula is C31H27F3N6O2. The molecule has 0 radical (unpaired) electrons. The van der Waals surface area contributed by atoms with Crippen molar-refractivity contribution in [3.05, 3.63) is 89.7 Å². The summed E-state index contributed by atoms with van der Waals surface area (Å²) < 4.78 is 41.5. The highest BCUT2D eigenvalue weighted by Gasteiger charge is 2.31. The number of rotatable bonds is 8. The highest BCUT2D eigenvalue weighted by Crippen LogP contribution is 2.35. The molecule has 1 saturated carbocycles. The predicted molar refractivity (Wildman–Crippen MR) is 152 cm³/mol. The third-order valence-electron chi connectivity index (χ3n) is 7.69. The van der Waals surface area contributed by atoms with Crippen LogP contribution in [0.3, 0.4) is 0 Å². The van der Waals surface area contributed by atoms with Crippen LogP contribution in [-0.4, -0.2) is 41.6 Å². The Labute approximate surface area is 239 Å². The number of benzene rings is 2. The number of aromatic nitrogens is 5. The summed E-state index contributed by atoms with van der Waals surface area (Å²) in [6, 6.07) is 20.0. The average Bonchev–Trinajstić information content (AvgIpc) is 3.31. The predicted octanol–water partition coefficient (Wildman–Crippen LogP) is 6.92. The molecule has 0 spiro atoms. The topological polar surface area (TPSA) is 106 Å². The average molecular weight is 573 g/mol. The van der Waals surface area contributed by atoms with E-state index in [1.54, 1.807) is 10.6 Å². The number of hydrogen-bond donors (Lipinski definition) is 2.